The number of fused-ring (bicyclic) bond motifs is 1. The van der Waals surface area contributed by atoms with Gasteiger partial charge < -0.3 is 10.1 Å². The van der Waals surface area contributed by atoms with Gasteiger partial charge in [-0.1, -0.05) is 54.1 Å². The molecule has 2 heterocycles. The summed E-state index contributed by atoms with van der Waals surface area (Å²) in [5.41, 5.74) is 2.29. The number of carbonyl (C=O) groups excluding carboxylic acids is 1. The van der Waals surface area contributed by atoms with Crippen molar-refractivity contribution < 1.29 is 9.53 Å². The van der Waals surface area contributed by atoms with Crippen LogP contribution in [0.5, 0.6) is 5.88 Å². The summed E-state index contributed by atoms with van der Waals surface area (Å²) in [6, 6.07) is 20.4. The standard InChI is InChI=1S/C21H18ClN5O2/c22-17-9-5-4-8-16(17)21-25-24-18-10-11-20(26-27(18)21)29-13-12-23-19(28)14-15-6-2-1-3-7-15/h1-11H,12-14H2,(H,23,28). The van der Waals surface area contributed by atoms with Gasteiger partial charge in [-0.2, -0.15) is 4.52 Å². The molecule has 8 heteroatoms. The third-order valence-electron chi connectivity index (χ3n) is 4.23. The highest BCUT2D eigenvalue weighted by molar-refractivity contribution is 6.33. The van der Waals surface area contributed by atoms with E-state index in [-0.39, 0.29) is 5.91 Å². The van der Waals surface area contributed by atoms with Gasteiger partial charge in [0.25, 0.3) is 0 Å². The monoisotopic (exact) mass is 407 g/mol. The molecule has 29 heavy (non-hydrogen) atoms. The molecule has 0 aliphatic heterocycles. The van der Waals surface area contributed by atoms with E-state index >= 15 is 0 Å². The first-order chi connectivity index (χ1) is 14.2. The first-order valence-electron chi connectivity index (χ1n) is 9.11. The Bertz CT molecular complexity index is 1130. The van der Waals surface area contributed by atoms with Crippen LogP contribution >= 0.6 is 11.6 Å². The number of hydrogen-bond donors (Lipinski definition) is 1. The molecular formula is C21H18ClN5O2. The first-order valence-corrected chi connectivity index (χ1v) is 9.49. The Morgan fingerprint density at radius 1 is 1.00 bits per heavy atom. The van der Waals surface area contributed by atoms with Gasteiger partial charge in [0.05, 0.1) is 18.0 Å². The molecule has 7 nitrogen and oxygen atoms in total. The van der Waals surface area contributed by atoms with Gasteiger partial charge in [0.2, 0.25) is 11.8 Å². The number of amides is 1. The van der Waals surface area contributed by atoms with Gasteiger partial charge in [-0.3, -0.25) is 4.79 Å². The summed E-state index contributed by atoms with van der Waals surface area (Å²) in [5.74, 6) is 0.887. The van der Waals surface area contributed by atoms with E-state index in [4.69, 9.17) is 16.3 Å². The second-order valence-corrected chi connectivity index (χ2v) is 6.71. The largest absolute Gasteiger partial charge is 0.475 e. The number of aromatic nitrogens is 4. The maximum absolute atomic E-state index is 12.0. The molecule has 0 spiro atoms. The Labute approximate surface area is 172 Å². The molecule has 0 aliphatic rings. The van der Waals surface area contributed by atoms with Gasteiger partial charge in [-0.25, -0.2) is 0 Å². The predicted octanol–water partition coefficient (Wildman–Crippen LogP) is 3.18. The van der Waals surface area contributed by atoms with E-state index in [0.717, 1.165) is 11.1 Å². The van der Waals surface area contributed by atoms with Gasteiger partial charge in [-0.15, -0.1) is 15.3 Å². The molecule has 1 amide bonds. The van der Waals surface area contributed by atoms with Gasteiger partial charge in [0.15, 0.2) is 11.5 Å². The second-order valence-electron chi connectivity index (χ2n) is 6.31. The molecule has 0 aliphatic carbocycles. The van der Waals surface area contributed by atoms with Crippen molar-refractivity contribution in [3.8, 4) is 17.3 Å². The zero-order valence-corrected chi connectivity index (χ0v) is 16.2. The molecule has 0 saturated heterocycles. The summed E-state index contributed by atoms with van der Waals surface area (Å²) >= 11 is 6.27. The average Bonchev–Trinajstić information content (AvgIpc) is 3.15. The highest BCUT2D eigenvalue weighted by Gasteiger charge is 2.13. The lowest BCUT2D eigenvalue weighted by molar-refractivity contribution is -0.120. The average molecular weight is 408 g/mol. The van der Waals surface area contributed by atoms with Crippen LogP contribution in [-0.2, 0) is 11.2 Å². The van der Waals surface area contributed by atoms with Crippen LogP contribution in [0.2, 0.25) is 5.02 Å². The summed E-state index contributed by atoms with van der Waals surface area (Å²) in [6.45, 7) is 0.674. The van der Waals surface area contributed by atoms with Crippen molar-refractivity contribution in [3.05, 3.63) is 77.3 Å². The molecule has 2 aromatic heterocycles. The number of hydrogen-bond acceptors (Lipinski definition) is 5. The third kappa shape index (κ3) is 4.52. The number of ether oxygens (including phenoxy) is 1. The van der Waals surface area contributed by atoms with Gasteiger partial charge in [0, 0.05) is 11.6 Å². The quantitative estimate of drug-likeness (QED) is 0.476. The van der Waals surface area contributed by atoms with Crippen molar-refractivity contribution in [2.75, 3.05) is 13.2 Å². The van der Waals surface area contributed by atoms with Gasteiger partial charge in [0.1, 0.15) is 6.61 Å². The van der Waals surface area contributed by atoms with E-state index in [1.807, 2.05) is 48.5 Å². The fraction of sp³-hybridized carbons (Fsp3) is 0.143. The van der Waals surface area contributed by atoms with Crippen LogP contribution in [0.3, 0.4) is 0 Å². The van der Waals surface area contributed by atoms with E-state index in [1.165, 1.54) is 0 Å². The number of rotatable bonds is 7. The molecule has 0 saturated carbocycles. The summed E-state index contributed by atoms with van der Waals surface area (Å²) in [5, 5.41) is 16.1. The van der Waals surface area contributed by atoms with E-state index < -0.39 is 0 Å². The third-order valence-corrected chi connectivity index (χ3v) is 4.56. The van der Waals surface area contributed by atoms with Crippen molar-refractivity contribution in [1.29, 1.82) is 0 Å². The molecule has 1 N–H and O–H groups in total. The van der Waals surface area contributed by atoms with E-state index in [2.05, 4.69) is 20.6 Å². The zero-order valence-electron chi connectivity index (χ0n) is 15.5. The number of carbonyl (C=O) groups is 1. The molecule has 0 bridgehead atoms. The summed E-state index contributed by atoms with van der Waals surface area (Å²) in [7, 11) is 0. The first kappa shape index (κ1) is 18.9. The Morgan fingerprint density at radius 2 is 1.79 bits per heavy atom. The molecule has 0 unspecified atom stereocenters. The van der Waals surface area contributed by atoms with Crippen LogP contribution < -0.4 is 10.1 Å². The van der Waals surface area contributed by atoms with Crippen molar-refractivity contribution in [2.24, 2.45) is 0 Å². The van der Waals surface area contributed by atoms with Crippen molar-refractivity contribution >= 4 is 23.2 Å². The molecule has 0 atom stereocenters. The molecule has 2 aromatic carbocycles. The van der Waals surface area contributed by atoms with Gasteiger partial charge >= 0.3 is 0 Å². The Balaban J connectivity index is 1.37. The second kappa shape index (κ2) is 8.70. The summed E-state index contributed by atoms with van der Waals surface area (Å²) < 4.78 is 7.26. The topological polar surface area (TPSA) is 81.4 Å². The molecule has 4 aromatic rings. The summed E-state index contributed by atoms with van der Waals surface area (Å²) in [4.78, 5) is 12.0. The number of halogens is 1. The van der Waals surface area contributed by atoms with Crippen molar-refractivity contribution in [3.63, 3.8) is 0 Å². The molecule has 146 valence electrons. The lowest BCUT2D eigenvalue weighted by Gasteiger charge is -2.08. The lowest BCUT2D eigenvalue weighted by Crippen LogP contribution is -2.29. The number of nitrogens with one attached hydrogen (secondary N) is 1. The van der Waals surface area contributed by atoms with Crippen LogP contribution in [0.1, 0.15) is 5.56 Å². The minimum Gasteiger partial charge on any atom is -0.475 e. The van der Waals surface area contributed by atoms with Crippen LogP contribution in [0.25, 0.3) is 17.0 Å². The Morgan fingerprint density at radius 3 is 2.62 bits per heavy atom. The highest BCUT2D eigenvalue weighted by atomic mass is 35.5. The smallest absolute Gasteiger partial charge is 0.231 e. The van der Waals surface area contributed by atoms with Crippen LogP contribution in [0.4, 0.5) is 0 Å². The van der Waals surface area contributed by atoms with E-state index in [9.17, 15) is 4.79 Å². The normalized spacial score (nSPS) is 10.8. The SMILES string of the molecule is O=C(Cc1ccccc1)NCCOc1ccc2nnc(-c3ccccc3Cl)n2n1. The zero-order chi connectivity index (χ0) is 20.1. The molecular weight excluding hydrogens is 390 g/mol. The maximum Gasteiger partial charge on any atom is 0.231 e. The minimum absolute atomic E-state index is 0.0528. The number of benzene rings is 2. The molecule has 4 rings (SSSR count). The fourth-order valence-corrected chi connectivity index (χ4v) is 3.07. The highest BCUT2D eigenvalue weighted by Crippen LogP contribution is 2.26. The predicted molar refractivity (Wildman–Crippen MR) is 110 cm³/mol. The van der Waals surface area contributed by atoms with Crippen molar-refractivity contribution in [1.82, 2.24) is 25.1 Å². The lowest BCUT2D eigenvalue weighted by atomic mass is 10.1. The van der Waals surface area contributed by atoms with Crippen molar-refractivity contribution in [2.45, 2.75) is 6.42 Å². The van der Waals surface area contributed by atoms with Crippen LogP contribution in [0.15, 0.2) is 66.7 Å². The fourth-order valence-electron chi connectivity index (χ4n) is 2.85. The van der Waals surface area contributed by atoms with E-state index in [0.29, 0.717) is 41.9 Å². The van der Waals surface area contributed by atoms with Gasteiger partial charge in [-0.05, 0) is 23.8 Å². The molecule has 0 radical (unpaired) electrons. The summed E-state index contributed by atoms with van der Waals surface area (Å²) in [6.07, 6.45) is 0.340. The van der Waals surface area contributed by atoms with Crippen LogP contribution in [0, 0.1) is 0 Å². The minimum atomic E-state index is -0.0528. The van der Waals surface area contributed by atoms with Crippen LogP contribution in [-0.4, -0.2) is 38.9 Å². The van der Waals surface area contributed by atoms with E-state index in [1.54, 1.807) is 22.7 Å². The maximum atomic E-state index is 12.0. The Hall–Kier alpha value is -3.45. The Kier molecular flexibility index (Phi) is 5.67. The molecule has 0 fully saturated rings. The number of nitrogens with zero attached hydrogens (tertiary/aromatic N) is 4.